The Bertz CT molecular complexity index is 340. The zero-order chi connectivity index (χ0) is 10.0. The van der Waals surface area contributed by atoms with E-state index in [1.807, 2.05) is 22.6 Å². The molecule has 0 heterocycles. The molecule has 2 N–H and O–H groups in total. The lowest BCUT2D eigenvalue weighted by molar-refractivity contribution is -0.147. The van der Waals surface area contributed by atoms with Crippen molar-refractivity contribution in [1.29, 1.82) is 0 Å². The van der Waals surface area contributed by atoms with Gasteiger partial charge in [0.25, 0.3) is 0 Å². The fourth-order valence-electron chi connectivity index (χ4n) is 0.857. The van der Waals surface area contributed by atoms with Crippen LogP contribution in [-0.2, 0) is 4.79 Å². The van der Waals surface area contributed by atoms with Crippen LogP contribution in [-0.4, -0.2) is 16.2 Å². The molecule has 1 atom stereocenters. The lowest BCUT2D eigenvalue weighted by Crippen LogP contribution is -2.12. The molecule has 0 aromatic heterocycles. The number of hydrogen-bond donors (Lipinski definition) is 2. The molecule has 70 valence electrons. The molecule has 0 bridgehead atoms. The van der Waals surface area contributed by atoms with Crippen LogP contribution in [0, 0.1) is 9.39 Å². The van der Waals surface area contributed by atoms with Crippen LogP contribution in [0.3, 0.4) is 0 Å². The molecule has 0 fully saturated rings. The van der Waals surface area contributed by atoms with Gasteiger partial charge in [0.05, 0.1) is 0 Å². The highest BCUT2D eigenvalue weighted by Gasteiger charge is 2.19. The molecule has 0 amide bonds. The Morgan fingerprint density at radius 2 is 2.15 bits per heavy atom. The normalized spacial score (nSPS) is 12.5. The second-order valence-electron chi connectivity index (χ2n) is 2.41. The number of aliphatic hydroxyl groups is 1. The summed E-state index contributed by atoms with van der Waals surface area (Å²) in [5.74, 6) is -2.17. The second kappa shape index (κ2) is 4.01. The van der Waals surface area contributed by atoms with Crippen molar-refractivity contribution in [1.82, 2.24) is 0 Å². The first kappa shape index (κ1) is 10.4. The average Bonchev–Trinajstić information content (AvgIpc) is 2.08. The minimum atomic E-state index is -1.80. The smallest absolute Gasteiger partial charge is 0.337 e. The van der Waals surface area contributed by atoms with E-state index in [1.54, 1.807) is 0 Å². The summed E-state index contributed by atoms with van der Waals surface area (Å²) in [5.41, 5.74) is -0.209. The van der Waals surface area contributed by atoms with Gasteiger partial charge >= 0.3 is 5.97 Å². The number of carboxylic acid groups (broad SMARTS) is 1. The van der Waals surface area contributed by atoms with Crippen molar-refractivity contribution in [2.75, 3.05) is 0 Å². The highest BCUT2D eigenvalue weighted by Crippen LogP contribution is 2.19. The van der Waals surface area contributed by atoms with Crippen molar-refractivity contribution in [2.45, 2.75) is 6.10 Å². The quantitative estimate of drug-likeness (QED) is 0.814. The molecular weight excluding hydrogens is 290 g/mol. The van der Waals surface area contributed by atoms with Gasteiger partial charge in [0, 0.05) is 9.13 Å². The monoisotopic (exact) mass is 296 g/mol. The molecule has 5 heteroatoms. The summed E-state index contributed by atoms with van der Waals surface area (Å²) in [6, 6.07) is 3.92. The minimum absolute atomic E-state index is 0.209. The third-order valence-electron chi connectivity index (χ3n) is 1.49. The predicted molar refractivity (Wildman–Crippen MR) is 51.7 cm³/mol. The van der Waals surface area contributed by atoms with Crippen LogP contribution >= 0.6 is 22.6 Å². The van der Waals surface area contributed by atoms with E-state index in [9.17, 15) is 9.18 Å². The van der Waals surface area contributed by atoms with Gasteiger partial charge in [-0.1, -0.05) is 0 Å². The SMILES string of the molecule is O=C(O)[C@@H](O)c1cc(I)ccc1F. The molecule has 0 aliphatic carbocycles. The van der Waals surface area contributed by atoms with Crippen LogP contribution in [0.1, 0.15) is 11.7 Å². The number of carbonyl (C=O) groups is 1. The van der Waals surface area contributed by atoms with E-state index < -0.39 is 17.9 Å². The minimum Gasteiger partial charge on any atom is -0.479 e. The molecule has 0 spiro atoms. The van der Waals surface area contributed by atoms with E-state index in [-0.39, 0.29) is 5.56 Å². The molecule has 1 aromatic rings. The molecule has 1 aromatic carbocycles. The lowest BCUT2D eigenvalue weighted by atomic mass is 10.1. The fourth-order valence-corrected chi connectivity index (χ4v) is 1.37. The standard InChI is InChI=1S/C8H6FIO3/c9-6-2-1-4(10)3-5(6)7(11)8(12)13/h1-3,7,11H,(H,12,13)/t7-/m0/s1. The zero-order valence-corrected chi connectivity index (χ0v) is 8.53. The topological polar surface area (TPSA) is 57.5 Å². The largest absolute Gasteiger partial charge is 0.479 e. The summed E-state index contributed by atoms with van der Waals surface area (Å²) < 4.78 is 13.6. The zero-order valence-electron chi connectivity index (χ0n) is 6.37. The average molecular weight is 296 g/mol. The summed E-state index contributed by atoms with van der Waals surface area (Å²) in [7, 11) is 0. The van der Waals surface area contributed by atoms with Gasteiger partial charge in [0.1, 0.15) is 5.82 Å². The Labute approximate surface area is 87.3 Å². The summed E-state index contributed by atoms with van der Waals surface area (Å²) >= 11 is 1.91. The number of carboxylic acids is 1. The highest BCUT2D eigenvalue weighted by atomic mass is 127. The molecule has 0 radical (unpaired) electrons. The molecule has 0 saturated carbocycles. The van der Waals surface area contributed by atoms with Crippen LogP contribution in [0.5, 0.6) is 0 Å². The van der Waals surface area contributed by atoms with Gasteiger partial charge in [-0.3, -0.25) is 0 Å². The number of rotatable bonds is 2. The first-order valence-electron chi connectivity index (χ1n) is 3.38. The van der Waals surface area contributed by atoms with Gasteiger partial charge in [0.15, 0.2) is 6.10 Å². The molecule has 0 aliphatic rings. The van der Waals surface area contributed by atoms with Crippen LogP contribution in [0.15, 0.2) is 18.2 Å². The van der Waals surface area contributed by atoms with Crippen LogP contribution in [0.2, 0.25) is 0 Å². The van der Waals surface area contributed by atoms with Crippen LogP contribution < -0.4 is 0 Å². The Kier molecular flexibility index (Phi) is 3.21. The predicted octanol–water partition coefficient (Wildman–Crippen LogP) is 1.55. The summed E-state index contributed by atoms with van der Waals surface area (Å²) in [6.07, 6.45) is -1.80. The number of benzene rings is 1. The third-order valence-corrected chi connectivity index (χ3v) is 2.16. The van der Waals surface area contributed by atoms with Gasteiger partial charge in [-0.2, -0.15) is 0 Å². The molecular formula is C8H6FIO3. The molecule has 0 aliphatic heterocycles. The fraction of sp³-hybridized carbons (Fsp3) is 0.125. The maximum absolute atomic E-state index is 13.0. The van der Waals surface area contributed by atoms with Crippen molar-refractivity contribution >= 4 is 28.6 Å². The van der Waals surface area contributed by atoms with Gasteiger partial charge in [-0.25, -0.2) is 9.18 Å². The number of aliphatic carboxylic acids is 1. The Hall–Kier alpha value is -0.690. The van der Waals surface area contributed by atoms with Gasteiger partial charge in [-0.05, 0) is 40.8 Å². The van der Waals surface area contributed by atoms with Crippen molar-refractivity contribution < 1.29 is 19.4 Å². The molecule has 0 unspecified atom stereocenters. The first-order valence-corrected chi connectivity index (χ1v) is 4.46. The highest BCUT2D eigenvalue weighted by molar-refractivity contribution is 14.1. The summed E-state index contributed by atoms with van der Waals surface area (Å²) in [5, 5.41) is 17.5. The van der Waals surface area contributed by atoms with E-state index in [0.29, 0.717) is 3.57 Å². The molecule has 0 saturated heterocycles. The first-order chi connectivity index (χ1) is 6.02. The number of aliphatic hydroxyl groups excluding tert-OH is 1. The third kappa shape index (κ3) is 2.38. The van der Waals surface area contributed by atoms with Crippen LogP contribution in [0.25, 0.3) is 0 Å². The van der Waals surface area contributed by atoms with Gasteiger partial charge in [0.2, 0.25) is 0 Å². The van der Waals surface area contributed by atoms with E-state index in [0.717, 1.165) is 6.07 Å². The van der Waals surface area contributed by atoms with Crippen molar-refractivity contribution in [2.24, 2.45) is 0 Å². The summed E-state index contributed by atoms with van der Waals surface area (Å²) in [6.45, 7) is 0. The lowest BCUT2D eigenvalue weighted by Gasteiger charge is -2.06. The Morgan fingerprint density at radius 1 is 1.54 bits per heavy atom. The van der Waals surface area contributed by atoms with E-state index >= 15 is 0 Å². The number of halogens is 2. The van der Waals surface area contributed by atoms with E-state index in [2.05, 4.69) is 0 Å². The van der Waals surface area contributed by atoms with Gasteiger partial charge < -0.3 is 10.2 Å². The maximum atomic E-state index is 13.0. The molecule has 3 nitrogen and oxygen atoms in total. The maximum Gasteiger partial charge on any atom is 0.337 e. The number of hydrogen-bond acceptors (Lipinski definition) is 2. The second-order valence-corrected chi connectivity index (χ2v) is 3.65. The summed E-state index contributed by atoms with van der Waals surface area (Å²) in [4.78, 5) is 10.3. The Morgan fingerprint density at radius 3 is 2.69 bits per heavy atom. The van der Waals surface area contributed by atoms with Crippen molar-refractivity contribution in [3.8, 4) is 0 Å². The van der Waals surface area contributed by atoms with E-state index in [4.69, 9.17) is 10.2 Å². The van der Waals surface area contributed by atoms with Crippen molar-refractivity contribution in [3.63, 3.8) is 0 Å². The van der Waals surface area contributed by atoms with Crippen molar-refractivity contribution in [3.05, 3.63) is 33.1 Å². The molecule has 1 rings (SSSR count). The molecule has 13 heavy (non-hydrogen) atoms. The van der Waals surface area contributed by atoms with E-state index in [1.165, 1.54) is 12.1 Å². The Balaban J connectivity index is 3.12. The van der Waals surface area contributed by atoms with Gasteiger partial charge in [-0.15, -0.1) is 0 Å². The van der Waals surface area contributed by atoms with Crippen LogP contribution in [0.4, 0.5) is 4.39 Å².